The van der Waals surface area contributed by atoms with Gasteiger partial charge in [-0.25, -0.2) is 0 Å². The first-order chi connectivity index (χ1) is 8.64. The third-order valence-electron chi connectivity index (χ3n) is 3.09. The van der Waals surface area contributed by atoms with Crippen molar-refractivity contribution in [2.75, 3.05) is 11.9 Å². The Labute approximate surface area is 108 Å². The fourth-order valence-electron chi connectivity index (χ4n) is 1.85. The number of aliphatic hydroxyl groups is 1. The van der Waals surface area contributed by atoms with Gasteiger partial charge in [0, 0.05) is 18.1 Å². The number of pyridine rings is 1. The molecule has 0 radical (unpaired) electrons. The maximum atomic E-state index is 9.66. The van der Waals surface area contributed by atoms with E-state index in [1.165, 1.54) is 5.56 Å². The molecule has 3 nitrogen and oxygen atoms in total. The molecule has 1 aromatic heterocycles. The van der Waals surface area contributed by atoms with E-state index < -0.39 is 5.54 Å². The number of rotatable bonds is 4. The topological polar surface area (TPSA) is 45.1 Å². The lowest BCUT2D eigenvalue weighted by atomic mass is 9.94. The summed E-state index contributed by atoms with van der Waals surface area (Å²) in [7, 11) is 0. The lowest BCUT2D eigenvalue weighted by Gasteiger charge is -2.30. The van der Waals surface area contributed by atoms with E-state index in [0.29, 0.717) is 0 Å². The van der Waals surface area contributed by atoms with Gasteiger partial charge in [-0.05, 0) is 37.6 Å². The van der Waals surface area contributed by atoms with E-state index in [4.69, 9.17) is 0 Å². The molecule has 0 amide bonds. The van der Waals surface area contributed by atoms with Crippen LogP contribution in [0.25, 0.3) is 0 Å². The van der Waals surface area contributed by atoms with Gasteiger partial charge in [0.05, 0.1) is 12.1 Å². The molecular formula is C15H18N2O. The number of nitrogens with one attached hydrogen (secondary N) is 1. The molecule has 0 spiro atoms. The van der Waals surface area contributed by atoms with Crippen molar-refractivity contribution in [3.63, 3.8) is 0 Å². The van der Waals surface area contributed by atoms with E-state index in [1.807, 2.05) is 43.3 Å². The molecule has 1 atom stereocenters. The smallest absolute Gasteiger partial charge is 0.0843 e. The molecule has 0 fully saturated rings. The predicted molar refractivity (Wildman–Crippen MR) is 73.5 cm³/mol. The van der Waals surface area contributed by atoms with Crippen molar-refractivity contribution in [1.82, 2.24) is 4.98 Å². The van der Waals surface area contributed by atoms with Crippen molar-refractivity contribution in [1.29, 1.82) is 0 Å². The number of benzene rings is 1. The molecule has 2 rings (SSSR count). The quantitative estimate of drug-likeness (QED) is 0.866. The lowest BCUT2D eigenvalue weighted by Crippen LogP contribution is -2.35. The molecule has 0 aliphatic rings. The Hall–Kier alpha value is -1.87. The summed E-state index contributed by atoms with van der Waals surface area (Å²) in [6.07, 6.45) is 3.50. The van der Waals surface area contributed by atoms with E-state index in [0.717, 1.165) is 11.3 Å². The Kier molecular flexibility index (Phi) is 3.63. The van der Waals surface area contributed by atoms with Crippen LogP contribution in [0.1, 0.15) is 18.1 Å². The molecule has 0 aliphatic carbocycles. The number of hydrogen-bond acceptors (Lipinski definition) is 3. The number of aryl methyl sites for hydroxylation is 1. The Bertz CT molecular complexity index is 496. The van der Waals surface area contributed by atoms with Crippen LogP contribution in [0.2, 0.25) is 0 Å². The standard InChI is InChI=1S/C15H18N2O/c1-12-5-7-14(8-6-12)17-15(2,11-18)13-4-3-9-16-10-13/h3-10,17-18H,11H2,1-2H3. The molecule has 0 bridgehead atoms. The predicted octanol–water partition coefficient (Wildman–Crippen LogP) is 2.71. The maximum Gasteiger partial charge on any atom is 0.0843 e. The van der Waals surface area contributed by atoms with E-state index in [-0.39, 0.29) is 6.61 Å². The molecule has 94 valence electrons. The maximum absolute atomic E-state index is 9.66. The zero-order valence-corrected chi connectivity index (χ0v) is 10.7. The van der Waals surface area contributed by atoms with Gasteiger partial charge in [0.2, 0.25) is 0 Å². The van der Waals surface area contributed by atoms with Crippen LogP contribution in [0.15, 0.2) is 48.8 Å². The van der Waals surface area contributed by atoms with Gasteiger partial charge in [0.1, 0.15) is 0 Å². The minimum Gasteiger partial charge on any atom is -0.394 e. The fraction of sp³-hybridized carbons (Fsp3) is 0.267. The zero-order chi connectivity index (χ0) is 13.0. The van der Waals surface area contributed by atoms with E-state index in [9.17, 15) is 5.11 Å². The monoisotopic (exact) mass is 242 g/mol. The van der Waals surface area contributed by atoms with Crippen LogP contribution in [0.5, 0.6) is 0 Å². The average molecular weight is 242 g/mol. The number of aliphatic hydroxyl groups excluding tert-OH is 1. The second kappa shape index (κ2) is 5.19. The van der Waals surface area contributed by atoms with E-state index in [2.05, 4.69) is 17.2 Å². The summed E-state index contributed by atoms with van der Waals surface area (Å²) in [5.74, 6) is 0. The Morgan fingerprint density at radius 1 is 1.22 bits per heavy atom. The third kappa shape index (κ3) is 2.68. The average Bonchev–Trinajstić information content (AvgIpc) is 2.42. The SMILES string of the molecule is Cc1ccc(NC(C)(CO)c2cccnc2)cc1. The number of nitrogens with zero attached hydrogens (tertiary/aromatic N) is 1. The molecule has 2 aromatic rings. The van der Waals surface area contributed by atoms with Crippen LogP contribution in [0, 0.1) is 6.92 Å². The molecule has 2 N–H and O–H groups in total. The highest BCUT2D eigenvalue weighted by atomic mass is 16.3. The van der Waals surface area contributed by atoms with Gasteiger partial charge in [-0.1, -0.05) is 23.8 Å². The first-order valence-electron chi connectivity index (χ1n) is 6.00. The van der Waals surface area contributed by atoms with Gasteiger partial charge in [-0.15, -0.1) is 0 Å². The van der Waals surface area contributed by atoms with Crippen LogP contribution in [0.3, 0.4) is 0 Å². The third-order valence-corrected chi connectivity index (χ3v) is 3.09. The van der Waals surface area contributed by atoms with Crippen LogP contribution in [-0.2, 0) is 5.54 Å². The first-order valence-corrected chi connectivity index (χ1v) is 6.00. The second-order valence-corrected chi connectivity index (χ2v) is 4.72. The van der Waals surface area contributed by atoms with E-state index in [1.54, 1.807) is 12.4 Å². The minimum absolute atomic E-state index is 0.00652. The molecule has 0 saturated heterocycles. The summed E-state index contributed by atoms with van der Waals surface area (Å²) >= 11 is 0. The minimum atomic E-state index is -0.524. The van der Waals surface area contributed by atoms with Crippen molar-refractivity contribution in [2.24, 2.45) is 0 Å². The molecule has 18 heavy (non-hydrogen) atoms. The van der Waals surface area contributed by atoms with Gasteiger partial charge in [0.25, 0.3) is 0 Å². The van der Waals surface area contributed by atoms with Crippen LogP contribution in [-0.4, -0.2) is 16.7 Å². The van der Waals surface area contributed by atoms with Gasteiger partial charge in [-0.3, -0.25) is 4.98 Å². The van der Waals surface area contributed by atoms with Crippen LogP contribution in [0.4, 0.5) is 5.69 Å². The fourth-order valence-corrected chi connectivity index (χ4v) is 1.85. The lowest BCUT2D eigenvalue weighted by molar-refractivity contribution is 0.224. The highest BCUT2D eigenvalue weighted by Gasteiger charge is 2.25. The summed E-state index contributed by atoms with van der Waals surface area (Å²) < 4.78 is 0. The van der Waals surface area contributed by atoms with Crippen LogP contribution >= 0.6 is 0 Å². The molecule has 1 unspecified atom stereocenters. The highest BCUT2D eigenvalue weighted by Crippen LogP contribution is 2.25. The highest BCUT2D eigenvalue weighted by molar-refractivity contribution is 5.48. The van der Waals surface area contributed by atoms with Gasteiger partial charge in [0.15, 0.2) is 0 Å². The first kappa shape index (κ1) is 12.6. The zero-order valence-electron chi connectivity index (χ0n) is 10.7. The summed E-state index contributed by atoms with van der Waals surface area (Å²) in [5.41, 5.74) is 2.64. The van der Waals surface area contributed by atoms with Gasteiger partial charge < -0.3 is 10.4 Å². The largest absolute Gasteiger partial charge is 0.394 e. The second-order valence-electron chi connectivity index (χ2n) is 4.72. The molecule has 3 heteroatoms. The van der Waals surface area contributed by atoms with E-state index >= 15 is 0 Å². The summed E-state index contributed by atoms with van der Waals surface area (Å²) in [6.45, 7) is 4.02. The van der Waals surface area contributed by atoms with Crippen molar-refractivity contribution in [3.8, 4) is 0 Å². The van der Waals surface area contributed by atoms with Crippen molar-refractivity contribution in [3.05, 3.63) is 59.9 Å². The molecule has 0 aliphatic heterocycles. The van der Waals surface area contributed by atoms with Gasteiger partial charge >= 0.3 is 0 Å². The molecule has 1 heterocycles. The molecule has 1 aromatic carbocycles. The van der Waals surface area contributed by atoms with Gasteiger partial charge in [-0.2, -0.15) is 0 Å². The summed E-state index contributed by atoms with van der Waals surface area (Å²) in [4.78, 5) is 4.10. The Morgan fingerprint density at radius 2 is 1.94 bits per heavy atom. The van der Waals surface area contributed by atoms with Crippen LogP contribution < -0.4 is 5.32 Å². The molecular weight excluding hydrogens is 224 g/mol. The summed E-state index contributed by atoms with van der Waals surface area (Å²) in [6, 6.07) is 12.0. The number of hydrogen-bond donors (Lipinski definition) is 2. The Balaban J connectivity index is 2.26. The van der Waals surface area contributed by atoms with Crippen molar-refractivity contribution >= 4 is 5.69 Å². The number of anilines is 1. The number of aromatic nitrogens is 1. The normalized spacial score (nSPS) is 13.9. The summed E-state index contributed by atoms with van der Waals surface area (Å²) in [5, 5.41) is 13.0. The Morgan fingerprint density at radius 3 is 2.50 bits per heavy atom. The van der Waals surface area contributed by atoms with Crippen molar-refractivity contribution in [2.45, 2.75) is 19.4 Å². The van der Waals surface area contributed by atoms with Crippen molar-refractivity contribution < 1.29 is 5.11 Å². The molecule has 0 saturated carbocycles.